The van der Waals surface area contributed by atoms with Crippen molar-refractivity contribution < 1.29 is 19.1 Å². The number of amides is 3. The zero-order valence-electron chi connectivity index (χ0n) is 17.0. The summed E-state index contributed by atoms with van der Waals surface area (Å²) in [4.78, 5) is 36.6. The molecule has 1 unspecified atom stereocenters. The molecule has 3 rings (SSSR count). The molecule has 2 aromatic rings. The van der Waals surface area contributed by atoms with E-state index in [9.17, 15) is 14.4 Å². The third-order valence-corrected chi connectivity index (χ3v) is 5.01. The number of hydrogen-bond acceptors (Lipinski definition) is 4. The van der Waals surface area contributed by atoms with E-state index >= 15 is 0 Å². The molecule has 0 aliphatic heterocycles. The number of ether oxygens (including phenoxy) is 1. The molecule has 2 aromatic carbocycles. The number of hydrogen-bond donors (Lipinski definition) is 3. The van der Waals surface area contributed by atoms with Crippen molar-refractivity contribution >= 4 is 29.3 Å². The van der Waals surface area contributed by atoms with E-state index in [0.717, 1.165) is 25.7 Å². The van der Waals surface area contributed by atoms with E-state index in [-0.39, 0.29) is 18.0 Å². The molecule has 0 saturated heterocycles. The Bertz CT molecular complexity index is 862. The number of urea groups is 1. The number of nitrogens with one attached hydrogen (secondary N) is 3. The van der Waals surface area contributed by atoms with Gasteiger partial charge in [-0.05, 0) is 56.2 Å². The van der Waals surface area contributed by atoms with Gasteiger partial charge in [0.1, 0.15) is 0 Å². The molecule has 1 saturated carbocycles. The fourth-order valence-corrected chi connectivity index (χ4v) is 3.35. The van der Waals surface area contributed by atoms with Gasteiger partial charge in [-0.1, -0.05) is 37.5 Å². The zero-order chi connectivity index (χ0) is 21.3. The monoisotopic (exact) mass is 409 g/mol. The van der Waals surface area contributed by atoms with Gasteiger partial charge >= 0.3 is 12.0 Å². The average molecular weight is 409 g/mol. The van der Waals surface area contributed by atoms with Crippen LogP contribution < -0.4 is 16.0 Å². The molecule has 30 heavy (non-hydrogen) atoms. The van der Waals surface area contributed by atoms with E-state index in [1.165, 1.54) is 6.42 Å². The highest BCUT2D eigenvalue weighted by Crippen LogP contribution is 2.18. The maximum absolute atomic E-state index is 12.3. The largest absolute Gasteiger partial charge is 0.449 e. The predicted octanol–water partition coefficient (Wildman–Crippen LogP) is 4.32. The number of benzene rings is 2. The number of esters is 1. The van der Waals surface area contributed by atoms with E-state index < -0.39 is 12.1 Å². The summed E-state index contributed by atoms with van der Waals surface area (Å²) in [7, 11) is 0. The van der Waals surface area contributed by atoms with Gasteiger partial charge < -0.3 is 20.7 Å². The molecule has 7 heteroatoms. The summed E-state index contributed by atoms with van der Waals surface area (Å²) in [6.45, 7) is 1.57. The smallest absolute Gasteiger partial charge is 0.338 e. The van der Waals surface area contributed by atoms with Crippen LogP contribution in [0.1, 0.15) is 49.4 Å². The van der Waals surface area contributed by atoms with Crippen molar-refractivity contribution in [3.05, 3.63) is 60.2 Å². The van der Waals surface area contributed by atoms with Crippen molar-refractivity contribution in [3.63, 3.8) is 0 Å². The van der Waals surface area contributed by atoms with Gasteiger partial charge in [0, 0.05) is 17.4 Å². The topological polar surface area (TPSA) is 96.5 Å². The normalized spacial score (nSPS) is 15.0. The second-order valence-electron chi connectivity index (χ2n) is 7.41. The van der Waals surface area contributed by atoms with Crippen LogP contribution in [0.15, 0.2) is 54.6 Å². The third-order valence-electron chi connectivity index (χ3n) is 5.01. The van der Waals surface area contributed by atoms with Crippen LogP contribution in [0.2, 0.25) is 0 Å². The Balaban J connectivity index is 1.48. The number of carbonyl (C=O) groups excluding carboxylic acids is 3. The van der Waals surface area contributed by atoms with E-state index in [1.807, 2.05) is 18.2 Å². The number of rotatable bonds is 6. The first-order valence-corrected chi connectivity index (χ1v) is 10.3. The second kappa shape index (κ2) is 10.4. The van der Waals surface area contributed by atoms with Crippen LogP contribution in [0.5, 0.6) is 0 Å². The molecule has 1 aliphatic carbocycles. The second-order valence-corrected chi connectivity index (χ2v) is 7.41. The van der Waals surface area contributed by atoms with Crippen molar-refractivity contribution in [2.24, 2.45) is 0 Å². The molecule has 7 nitrogen and oxygen atoms in total. The summed E-state index contributed by atoms with van der Waals surface area (Å²) in [6.07, 6.45) is 4.51. The molecule has 158 valence electrons. The van der Waals surface area contributed by atoms with Gasteiger partial charge in [-0.15, -0.1) is 0 Å². The Labute approximate surface area is 176 Å². The van der Waals surface area contributed by atoms with E-state index in [0.29, 0.717) is 16.9 Å². The van der Waals surface area contributed by atoms with E-state index in [1.54, 1.807) is 43.3 Å². The Kier molecular flexibility index (Phi) is 7.43. The maximum atomic E-state index is 12.3. The minimum atomic E-state index is -0.867. The van der Waals surface area contributed by atoms with Crippen molar-refractivity contribution in [3.8, 4) is 0 Å². The molecule has 0 heterocycles. The Morgan fingerprint density at radius 2 is 1.47 bits per heavy atom. The molecule has 1 atom stereocenters. The first kappa shape index (κ1) is 21.4. The lowest BCUT2D eigenvalue weighted by molar-refractivity contribution is -0.130. The highest BCUT2D eigenvalue weighted by atomic mass is 16.5. The molecule has 0 bridgehead atoms. The van der Waals surface area contributed by atoms with Crippen LogP contribution in [0, 0.1) is 0 Å². The molecule has 3 N–H and O–H groups in total. The molecule has 3 amide bonds. The Hall–Kier alpha value is -3.35. The van der Waals surface area contributed by atoms with Crippen LogP contribution in [-0.4, -0.2) is 30.1 Å². The number of para-hydroxylation sites is 1. The lowest BCUT2D eigenvalue weighted by Crippen LogP contribution is -2.42. The van der Waals surface area contributed by atoms with Gasteiger partial charge in [0.15, 0.2) is 6.10 Å². The van der Waals surface area contributed by atoms with Gasteiger partial charge in [0.2, 0.25) is 0 Å². The summed E-state index contributed by atoms with van der Waals surface area (Å²) in [5, 5.41) is 8.36. The molecular weight excluding hydrogens is 382 g/mol. The first-order valence-electron chi connectivity index (χ1n) is 10.3. The molecule has 1 aliphatic rings. The minimum Gasteiger partial charge on any atom is -0.449 e. The van der Waals surface area contributed by atoms with Crippen LogP contribution in [0.3, 0.4) is 0 Å². The quantitative estimate of drug-likeness (QED) is 0.619. The average Bonchev–Trinajstić information content (AvgIpc) is 2.75. The van der Waals surface area contributed by atoms with Gasteiger partial charge in [0.05, 0.1) is 5.56 Å². The summed E-state index contributed by atoms with van der Waals surface area (Å²) in [5.41, 5.74) is 1.51. The third kappa shape index (κ3) is 6.34. The zero-order valence-corrected chi connectivity index (χ0v) is 17.0. The van der Waals surface area contributed by atoms with E-state index in [2.05, 4.69) is 16.0 Å². The molecule has 0 spiro atoms. The Morgan fingerprint density at radius 3 is 2.10 bits per heavy atom. The maximum Gasteiger partial charge on any atom is 0.338 e. The minimum absolute atomic E-state index is 0.166. The standard InChI is InChI=1S/C23H27N3O4/c1-16(21(27)24-18-8-4-2-5-9-18)30-22(28)17-12-14-20(15-13-17)26-23(29)25-19-10-6-3-7-11-19/h3,6-7,10-16,18H,2,4-5,8-9H2,1H3,(H,24,27)(H2,25,26,29). The van der Waals surface area contributed by atoms with Crippen LogP contribution in [0.4, 0.5) is 16.2 Å². The van der Waals surface area contributed by atoms with Crippen molar-refractivity contribution in [1.29, 1.82) is 0 Å². The summed E-state index contributed by atoms with van der Waals surface area (Å²) in [5.74, 6) is -0.854. The SMILES string of the molecule is CC(OC(=O)c1ccc(NC(=O)Nc2ccccc2)cc1)C(=O)NC1CCCCC1. The summed E-state index contributed by atoms with van der Waals surface area (Å²) < 4.78 is 5.29. The molecule has 0 aromatic heterocycles. The lowest BCUT2D eigenvalue weighted by Gasteiger charge is -2.24. The fraction of sp³-hybridized carbons (Fsp3) is 0.348. The van der Waals surface area contributed by atoms with Crippen LogP contribution in [0.25, 0.3) is 0 Å². The first-order chi connectivity index (χ1) is 14.5. The van der Waals surface area contributed by atoms with Gasteiger partial charge in [-0.25, -0.2) is 9.59 Å². The molecule has 0 radical (unpaired) electrons. The van der Waals surface area contributed by atoms with Gasteiger partial charge in [0.25, 0.3) is 5.91 Å². The highest BCUT2D eigenvalue weighted by molar-refractivity contribution is 6.00. The number of anilines is 2. The lowest BCUT2D eigenvalue weighted by atomic mass is 9.95. The van der Waals surface area contributed by atoms with Crippen molar-refractivity contribution in [2.75, 3.05) is 10.6 Å². The van der Waals surface area contributed by atoms with Crippen molar-refractivity contribution in [2.45, 2.75) is 51.2 Å². The fourth-order valence-electron chi connectivity index (χ4n) is 3.35. The summed E-state index contributed by atoms with van der Waals surface area (Å²) >= 11 is 0. The van der Waals surface area contributed by atoms with Gasteiger partial charge in [-0.2, -0.15) is 0 Å². The highest BCUT2D eigenvalue weighted by Gasteiger charge is 2.22. The van der Waals surface area contributed by atoms with E-state index in [4.69, 9.17) is 4.74 Å². The van der Waals surface area contributed by atoms with Gasteiger partial charge in [-0.3, -0.25) is 4.79 Å². The molecule has 1 fully saturated rings. The molecular formula is C23H27N3O4. The summed E-state index contributed by atoms with van der Waals surface area (Å²) in [6, 6.07) is 15.2. The Morgan fingerprint density at radius 1 is 0.867 bits per heavy atom. The van der Waals surface area contributed by atoms with Crippen LogP contribution in [-0.2, 0) is 9.53 Å². The predicted molar refractivity (Wildman–Crippen MR) is 115 cm³/mol. The van der Waals surface area contributed by atoms with Crippen LogP contribution >= 0.6 is 0 Å². The number of carbonyl (C=O) groups is 3. The van der Waals surface area contributed by atoms with Crippen molar-refractivity contribution in [1.82, 2.24) is 5.32 Å².